The zero-order chi connectivity index (χ0) is 13.0. The lowest BCUT2D eigenvalue weighted by molar-refractivity contribution is -0.0265. The monoisotopic (exact) mass is 267 g/mol. The topological polar surface area (TPSA) is 32.7 Å². The molecule has 0 radical (unpaired) electrons. The van der Waals surface area contributed by atoms with Crippen LogP contribution >= 0.6 is 11.8 Å². The highest BCUT2D eigenvalue weighted by Gasteiger charge is 2.22. The Bertz CT molecular complexity index is 384. The fourth-order valence-corrected chi connectivity index (χ4v) is 3.03. The highest BCUT2D eigenvalue weighted by atomic mass is 32.2. The lowest BCUT2D eigenvalue weighted by Gasteiger charge is -2.35. The number of para-hydroxylation sites is 1. The quantitative estimate of drug-likeness (QED) is 0.850. The Labute approximate surface area is 113 Å². The molecule has 1 aromatic rings. The number of thioether (sulfide) groups is 1. The van der Waals surface area contributed by atoms with Gasteiger partial charge in [0.25, 0.3) is 0 Å². The summed E-state index contributed by atoms with van der Waals surface area (Å²) in [5, 5.41) is 9.71. The zero-order valence-corrected chi connectivity index (χ0v) is 11.8. The lowest BCUT2D eigenvalue weighted by atomic mass is 10.2. The zero-order valence-electron chi connectivity index (χ0n) is 11.0. The fraction of sp³-hybridized carbons (Fsp3) is 0.571. The SMILES string of the molecule is CC(C)N1CCOC(CSc2ccccc2O)C1. The van der Waals surface area contributed by atoms with Crippen LogP contribution < -0.4 is 0 Å². The molecule has 1 saturated heterocycles. The first-order valence-corrected chi connectivity index (χ1v) is 7.42. The van der Waals surface area contributed by atoms with E-state index in [0.717, 1.165) is 30.3 Å². The predicted molar refractivity (Wildman–Crippen MR) is 75.3 cm³/mol. The molecule has 1 N–H and O–H groups in total. The van der Waals surface area contributed by atoms with Crippen molar-refractivity contribution in [3.05, 3.63) is 24.3 Å². The number of rotatable bonds is 4. The van der Waals surface area contributed by atoms with Crippen molar-refractivity contribution in [3.63, 3.8) is 0 Å². The largest absolute Gasteiger partial charge is 0.507 e. The molecule has 2 rings (SSSR count). The summed E-state index contributed by atoms with van der Waals surface area (Å²) in [6.45, 7) is 7.26. The van der Waals surface area contributed by atoms with Gasteiger partial charge in [-0.05, 0) is 26.0 Å². The first-order chi connectivity index (χ1) is 8.66. The molecule has 1 heterocycles. The molecule has 0 aromatic heterocycles. The van der Waals surface area contributed by atoms with E-state index in [1.54, 1.807) is 17.8 Å². The second-order valence-electron chi connectivity index (χ2n) is 4.86. The minimum absolute atomic E-state index is 0.255. The van der Waals surface area contributed by atoms with Crippen molar-refractivity contribution >= 4 is 11.8 Å². The van der Waals surface area contributed by atoms with E-state index < -0.39 is 0 Å². The second kappa shape index (κ2) is 6.45. The van der Waals surface area contributed by atoms with E-state index in [4.69, 9.17) is 4.74 Å². The van der Waals surface area contributed by atoms with Gasteiger partial charge < -0.3 is 9.84 Å². The van der Waals surface area contributed by atoms with E-state index in [1.165, 1.54) is 0 Å². The fourth-order valence-electron chi connectivity index (χ4n) is 2.07. The summed E-state index contributed by atoms with van der Waals surface area (Å²) in [6.07, 6.45) is 0.255. The molecule has 1 atom stereocenters. The average molecular weight is 267 g/mol. The van der Waals surface area contributed by atoms with Crippen molar-refractivity contribution < 1.29 is 9.84 Å². The Hall–Kier alpha value is -0.710. The summed E-state index contributed by atoms with van der Waals surface area (Å²) >= 11 is 1.67. The highest BCUT2D eigenvalue weighted by molar-refractivity contribution is 7.99. The van der Waals surface area contributed by atoms with Gasteiger partial charge in [0.15, 0.2) is 0 Å². The van der Waals surface area contributed by atoms with Crippen LogP contribution in [-0.4, -0.2) is 47.6 Å². The van der Waals surface area contributed by atoms with Gasteiger partial charge >= 0.3 is 0 Å². The van der Waals surface area contributed by atoms with E-state index in [1.807, 2.05) is 18.2 Å². The summed E-state index contributed by atoms with van der Waals surface area (Å²) in [6, 6.07) is 8.04. The van der Waals surface area contributed by atoms with Crippen LogP contribution in [0.2, 0.25) is 0 Å². The van der Waals surface area contributed by atoms with E-state index in [9.17, 15) is 5.11 Å². The van der Waals surface area contributed by atoms with Crippen LogP contribution in [0.15, 0.2) is 29.2 Å². The molecule has 1 fully saturated rings. The Morgan fingerprint density at radius 3 is 2.94 bits per heavy atom. The smallest absolute Gasteiger partial charge is 0.129 e. The number of nitrogens with zero attached hydrogens (tertiary/aromatic N) is 1. The van der Waals surface area contributed by atoms with Crippen molar-refractivity contribution in [3.8, 4) is 5.75 Å². The third-order valence-corrected chi connectivity index (χ3v) is 4.39. The molecule has 0 bridgehead atoms. The van der Waals surface area contributed by atoms with Crippen LogP contribution in [0.5, 0.6) is 5.75 Å². The molecular formula is C14H21NO2S. The molecule has 3 nitrogen and oxygen atoms in total. The first-order valence-electron chi connectivity index (χ1n) is 6.43. The number of hydrogen-bond donors (Lipinski definition) is 1. The van der Waals surface area contributed by atoms with Crippen LogP contribution in [0.1, 0.15) is 13.8 Å². The number of morpholine rings is 1. The van der Waals surface area contributed by atoms with Crippen molar-refractivity contribution in [2.75, 3.05) is 25.4 Å². The van der Waals surface area contributed by atoms with Gasteiger partial charge in [-0.2, -0.15) is 0 Å². The van der Waals surface area contributed by atoms with Gasteiger partial charge in [0, 0.05) is 29.8 Å². The van der Waals surface area contributed by atoms with Crippen LogP contribution in [-0.2, 0) is 4.74 Å². The molecule has 0 spiro atoms. The van der Waals surface area contributed by atoms with Crippen LogP contribution in [0.4, 0.5) is 0 Å². The van der Waals surface area contributed by atoms with E-state index in [0.29, 0.717) is 11.8 Å². The third-order valence-electron chi connectivity index (χ3n) is 3.19. The maximum atomic E-state index is 9.71. The first kappa shape index (κ1) is 13.7. The summed E-state index contributed by atoms with van der Waals surface area (Å²) in [7, 11) is 0. The average Bonchev–Trinajstić information content (AvgIpc) is 2.38. The van der Waals surface area contributed by atoms with Crippen LogP contribution in [0.3, 0.4) is 0 Å². The maximum Gasteiger partial charge on any atom is 0.129 e. The van der Waals surface area contributed by atoms with E-state index in [2.05, 4.69) is 18.7 Å². The van der Waals surface area contributed by atoms with E-state index >= 15 is 0 Å². The van der Waals surface area contributed by atoms with Gasteiger partial charge in [-0.3, -0.25) is 4.90 Å². The van der Waals surface area contributed by atoms with Crippen molar-refractivity contribution in [1.29, 1.82) is 0 Å². The van der Waals surface area contributed by atoms with Gasteiger partial charge in [-0.25, -0.2) is 0 Å². The minimum atomic E-state index is 0.255. The van der Waals surface area contributed by atoms with Gasteiger partial charge in [0.1, 0.15) is 5.75 Å². The molecule has 4 heteroatoms. The van der Waals surface area contributed by atoms with Gasteiger partial charge in [0.05, 0.1) is 12.7 Å². The number of aromatic hydroxyl groups is 1. The standard InChI is InChI=1S/C14H21NO2S/c1-11(2)15-7-8-17-12(9-15)10-18-14-6-4-3-5-13(14)16/h3-6,11-12,16H,7-10H2,1-2H3. The second-order valence-corrected chi connectivity index (χ2v) is 5.92. The van der Waals surface area contributed by atoms with Crippen molar-refractivity contribution in [2.24, 2.45) is 0 Å². The molecule has 1 aliphatic heterocycles. The molecule has 1 aliphatic rings. The Balaban J connectivity index is 1.85. The number of benzene rings is 1. The predicted octanol–water partition coefficient (Wildman–Crippen LogP) is 2.59. The molecule has 100 valence electrons. The van der Waals surface area contributed by atoms with E-state index in [-0.39, 0.29) is 6.10 Å². The molecule has 0 amide bonds. The molecule has 18 heavy (non-hydrogen) atoms. The van der Waals surface area contributed by atoms with Crippen molar-refractivity contribution in [1.82, 2.24) is 4.90 Å². The van der Waals surface area contributed by atoms with Crippen molar-refractivity contribution in [2.45, 2.75) is 30.9 Å². The molecular weight excluding hydrogens is 246 g/mol. The summed E-state index contributed by atoms with van der Waals surface area (Å²) in [4.78, 5) is 3.38. The number of hydrogen-bond acceptors (Lipinski definition) is 4. The van der Waals surface area contributed by atoms with Gasteiger partial charge in [0.2, 0.25) is 0 Å². The molecule has 0 aliphatic carbocycles. The minimum Gasteiger partial charge on any atom is -0.507 e. The van der Waals surface area contributed by atoms with Crippen LogP contribution in [0, 0.1) is 0 Å². The number of phenolic OH excluding ortho intramolecular Hbond substituents is 1. The number of ether oxygens (including phenoxy) is 1. The number of phenols is 1. The maximum absolute atomic E-state index is 9.71. The van der Waals surface area contributed by atoms with Gasteiger partial charge in [-0.1, -0.05) is 12.1 Å². The Morgan fingerprint density at radius 2 is 2.22 bits per heavy atom. The molecule has 0 saturated carbocycles. The Morgan fingerprint density at radius 1 is 1.44 bits per heavy atom. The highest BCUT2D eigenvalue weighted by Crippen LogP contribution is 2.29. The lowest BCUT2D eigenvalue weighted by Crippen LogP contribution is -2.46. The van der Waals surface area contributed by atoms with Gasteiger partial charge in [-0.15, -0.1) is 11.8 Å². The summed E-state index contributed by atoms with van der Waals surface area (Å²) in [5.41, 5.74) is 0. The Kier molecular flexibility index (Phi) is 4.92. The summed E-state index contributed by atoms with van der Waals surface area (Å²) < 4.78 is 5.78. The molecule has 1 aromatic carbocycles. The van der Waals surface area contributed by atoms with Crippen LogP contribution in [0.25, 0.3) is 0 Å². The third kappa shape index (κ3) is 3.64. The molecule has 1 unspecified atom stereocenters. The summed E-state index contributed by atoms with van der Waals surface area (Å²) in [5.74, 6) is 1.25. The normalized spacial score (nSPS) is 21.4.